The van der Waals surface area contributed by atoms with Crippen molar-refractivity contribution in [2.45, 2.75) is 24.8 Å². The van der Waals surface area contributed by atoms with E-state index < -0.39 is 10.0 Å². The predicted molar refractivity (Wildman–Crippen MR) is 67.5 cm³/mol. The molecule has 1 aromatic rings. The Morgan fingerprint density at radius 2 is 2.06 bits per heavy atom. The minimum Gasteiger partial charge on any atom is -0.497 e. The van der Waals surface area contributed by atoms with E-state index in [2.05, 4.69) is 9.71 Å². The van der Waals surface area contributed by atoms with Gasteiger partial charge in [-0.1, -0.05) is 0 Å². The van der Waals surface area contributed by atoms with Crippen molar-refractivity contribution in [1.29, 1.82) is 0 Å². The Bertz CT molecular complexity index is 593. The zero-order valence-corrected chi connectivity index (χ0v) is 11.1. The average Bonchev–Trinajstić information content (AvgIpc) is 2.27. The normalized spacial score (nSPS) is 16.6. The summed E-state index contributed by atoms with van der Waals surface area (Å²) in [7, 11) is -2.28. The van der Waals surface area contributed by atoms with Gasteiger partial charge in [0, 0.05) is 6.07 Å². The van der Waals surface area contributed by atoms with Gasteiger partial charge >= 0.3 is 6.02 Å². The van der Waals surface area contributed by atoms with Gasteiger partial charge in [0.05, 0.1) is 18.9 Å². The minimum atomic E-state index is -3.75. The van der Waals surface area contributed by atoms with Gasteiger partial charge in [0.1, 0.15) is 10.6 Å². The van der Waals surface area contributed by atoms with Gasteiger partial charge in [-0.25, -0.2) is 0 Å². The molecule has 0 amide bonds. The highest BCUT2D eigenvalue weighted by molar-refractivity contribution is 7.90. The van der Waals surface area contributed by atoms with Gasteiger partial charge in [-0.05, 0) is 26.0 Å². The molecule has 98 valence electrons. The second-order valence-corrected chi connectivity index (χ2v) is 5.60. The maximum atomic E-state index is 12.0. The molecule has 18 heavy (non-hydrogen) atoms. The Hall–Kier alpha value is -1.76. The van der Waals surface area contributed by atoms with E-state index in [-0.39, 0.29) is 17.0 Å². The summed E-state index contributed by atoms with van der Waals surface area (Å²) in [6, 6.07) is 4.69. The van der Waals surface area contributed by atoms with Gasteiger partial charge < -0.3 is 14.8 Å². The molecule has 0 saturated carbocycles. The molecule has 1 aliphatic heterocycles. The van der Waals surface area contributed by atoms with Crippen molar-refractivity contribution in [3.8, 4) is 5.75 Å². The highest BCUT2D eigenvalue weighted by atomic mass is 32.2. The molecule has 0 atom stereocenters. The molecule has 0 radical (unpaired) electrons. The smallest absolute Gasteiger partial charge is 0.305 e. The molecule has 0 aromatic heterocycles. The van der Waals surface area contributed by atoms with Crippen LogP contribution in [0.3, 0.4) is 0 Å². The molecule has 7 heteroatoms. The topological polar surface area (TPSA) is 77.0 Å². The molecular formula is C11H14N2O4S. The number of sulfonamides is 1. The first-order chi connectivity index (χ1) is 8.42. The lowest BCUT2D eigenvalue weighted by molar-refractivity contribution is 0.228. The first-order valence-electron chi connectivity index (χ1n) is 5.39. The number of rotatable bonds is 2. The first kappa shape index (κ1) is 12.7. The second kappa shape index (κ2) is 4.49. The average molecular weight is 270 g/mol. The van der Waals surface area contributed by atoms with E-state index in [1.165, 1.54) is 13.2 Å². The molecule has 1 aliphatic rings. The number of benzene rings is 1. The number of nitrogens with zero attached hydrogens (tertiary/aromatic N) is 1. The van der Waals surface area contributed by atoms with Crippen molar-refractivity contribution in [3.05, 3.63) is 18.2 Å². The first-order valence-corrected chi connectivity index (χ1v) is 6.83. The van der Waals surface area contributed by atoms with E-state index >= 15 is 0 Å². The number of anilines is 1. The SMILES string of the molecule is COc1ccc2c(c1)S(=O)(=O)N=C(OC(C)C)N2. The summed E-state index contributed by atoms with van der Waals surface area (Å²) in [5.41, 5.74) is 0.432. The fourth-order valence-electron chi connectivity index (χ4n) is 1.52. The van der Waals surface area contributed by atoms with Crippen molar-refractivity contribution in [2.75, 3.05) is 12.4 Å². The molecule has 1 heterocycles. The number of methoxy groups -OCH3 is 1. The fourth-order valence-corrected chi connectivity index (χ4v) is 2.58. The van der Waals surface area contributed by atoms with Crippen molar-refractivity contribution in [2.24, 2.45) is 4.40 Å². The lowest BCUT2D eigenvalue weighted by Crippen LogP contribution is -2.26. The van der Waals surface area contributed by atoms with Gasteiger partial charge in [-0.15, -0.1) is 4.40 Å². The van der Waals surface area contributed by atoms with E-state index in [9.17, 15) is 8.42 Å². The Morgan fingerprint density at radius 1 is 1.33 bits per heavy atom. The van der Waals surface area contributed by atoms with E-state index in [1.54, 1.807) is 26.0 Å². The number of amidine groups is 1. The van der Waals surface area contributed by atoms with E-state index in [0.717, 1.165) is 0 Å². The minimum absolute atomic E-state index is 0.0114. The third kappa shape index (κ3) is 2.40. The zero-order valence-electron chi connectivity index (χ0n) is 10.3. The highest BCUT2D eigenvalue weighted by Crippen LogP contribution is 2.30. The van der Waals surface area contributed by atoms with Crippen LogP contribution in [0.4, 0.5) is 5.69 Å². The Morgan fingerprint density at radius 3 is 2.67 bits per heavy atom. The number of nitrogens with one attached hydrogen (secondary N) is 1. The molecule has 6 nitrogen and oxygen atoms in total. The van der Waals surface area contributed by atoms with Gasteiger partial charge in [-0.3, -0.25) is 0 Å². The summed E-state index contributed by atoms with van der Waals surface area (Å²) in [6.45, 7) is 3.58. The monoisotopic (exact) mass is 270 g/mol. The van der Waals surface area contributed by atoms with Crippen LogP contribution in [-0.2, 0) is 14.8 Å². The van der Waals surface area contributed by atoms with Crippen LogP contribution in [0.1, 0.15) is 13.8 Å². The van der Waals surface area contributed by atoms with E-state index in [4.69, 9.17) is 9.47 Å². The van der Waals surface area contributed by atoms with Crippen molar-refractivity contribution >= 4 is 21.7 Å². The van der Waals surface area contributed by atoms with Crippen LogP contribution in [0.15, 0.2) is 27.5 Å². The van der Waals surface area contributed by atoms with Gasteiger partial charge in [-0.2, -0.15) is 8.42 Å². The molecular weight excluding hydrogens is 256 g/mol. The summed E-state index contributed by atoms with van der Waals surface area (Å²) in [6.07, 6.45) is -0.161. The second-order valence-electron chi connectivity index (χ2n) is 4.03. The van der Waals surface area contributed by atoms with Crippen LogP contribution in [0.5, 0.6) is 5.75 Å². The molecule has 1 aromatic carbocycles. The molecule has 0 bridgehead atoms. The fraction of sp³-hybridized carbons (Fsp3) is 0.364. The maximum absolute atomic E-state index is 12.0. The molecule has 1 N–H and O–H groups in total. The van der Waals surface area contributed by atoms with Crippen LogP contribution in [0.2, 0.25) is 0 Å². The molecule has 0 fully saturated rings. The Balaban J connectivity index is 2.45. The number of ether oxygens (including phenoxy) is 2. The standard InChI is InChI=1S/C11H14N2O4S/c1-7(2)17-11-12-9-5-4-8(16-3)6-10(9)18(14,15)13-11/h4-7H,1-3H3,(H,12,13). The lowest BCUT2D eigenvalue weighted by Gasteiger charge is -2.20. The highest BCUT2D eigenvalue weighted by Gasteiger charge is 2.26. The van der Waals surface area contributed by atoms with Crippen LogP contribution in [0.25, 0.3) is 0 Å². The molecule has 0 saturated heterocycles. The van der Waals surface area contributed by atoms with Gasteiger partial charge in [0.15, 0.2) is 0 Å². The van der Waals surface area contributed by atoms with Crippen LogP contribution in [0, 0.1) is 0 Å². The summed E-state index contributed by atoms with van der Waals surface area (Å²) in [5.74, 6) is 0.461. The predicted octanol–water partition coefficient (Wildman–Crippen LogP) is 1.59. The van der Waals surface area contributed by atoms with E-state index in [1.807, 2.05) is 0 Å². The summed E-state index contributed by atoms with van der Waals surface area (Å²) in [5, 5.41) is 2.83. The van der Waals surface area contributed by atoms with Crippen LogP contribution in [-0.4, -0.2) is 27.7 Å². The lowest BCUT2D eigenvalue weighted by atomic mass is 10.3. The maximum Gasteiger partial charge on any atom is 0.305 e. The molecule has 0 aliphatic carbocycles. The summed E-state index contributed by atoms with van der Waals surface area (Å²) < 4.78 is 37.8. The Kier molecular flexibility index (Phi) is 3.16. The number of hydrogen-bond donors (Lipinski definition) is 1. The van der Waals surface area contributed by atoms with E-state index in [0.29, 0.717) is 11.4 Å². The third-order valence-electron chi connectivity index (χ3n) is 2.26. The largest absolute Gasteiger partial charge is 0.497 e. The van der Waals surface area contributed by atoms with Crippen LogP contribution >= 0.6 is 0 Å². The van der Waals surface area contributed by atoms with Crippen molar-refractivity contribution in [1.82, 2.24) is 0 Å². The summed E-state index contributed by atoms with van der Waals surface area (Å²) in [4.78, 5) is 0.0814. The molecule has 2 rings (SSSR count). The van der Waals surface area contributed by atoms with Gasteiger partial charge in [0.2, 0.25) is 0 Å². The van der Waals surface area contributed by atoms with Crippen LogP contribution < -0.4 is 10.1 Å². The zero-order chi connectivity index (χ0) is 13.3. The molecule has 0 spiro atoms. The van der Waals surface area contributed by atoms with Gasteiger partial charge in [0.25, 0.3) is 10.0 Å². The van der Waals surface area contributed by atoms with Crippen molar-refractivity contribution < 1.29 is 17.9 Å². The molecule has 0 unspecified atom stereocenters. The Labute approximate surface area is 106 Å². The number of hydrogen-bond acceptors (Lipinski definition) is 5. The quantitative estimate of drug-likeness (QED) is 0.883. The summed E-state index contributed by atoms with van der Waals surface area (Å²) >= 11 is 0. The number of fused-ring (bicyclic) bond motifs is 1. The van der Waals surface area contributed by atoms with Crippen molar-refractivity contribution in [3.63, 3.8) is 0 Å². The third-order valence-corrected chi connectivity index (χ3v) is 3.56.